The van der Waals surface area contributed by atoms with Gasteiger partial charge in [-0.2, -0.15) is 0 Å². The molecular weight excluding hydrogens is 226 g/mol. The molecule has 1 aliphatic heterocycles. The van der Waals surface area contributed by atoms with Crippen molar-refractivity contribution in [2.75, 3.05) is 26.2 Å². The van der Waals surface area contributed by atoms with Crippen molar-refractivity contribution in [3.63, 3.8) is 0 Å². The topological polar surface area (TPSA) is 44.4 Å². The SMILES string of the molecule is CCN(CC)CC(C)NC(=O)C1(CC)CCCN1. The van der Waals surface area contributed by atoms with E-state index >= 15 is 0 Å². The maximum absolute atomic E-state index is 12.4. The van der Waals surface area contributed by atoms with Crippen molar-refractivity contribution in [1.29, 1.82) is 0 Å². The summed E-state index contributed by atoms with van der Waals surface area (Å²) in [5.74, 6) is 0.183. The molecule has 1 aliphatic rings. The molecule has 0 aromatic heterocycles. The molecule has 0 bridgehead atoms. The Labute approximate surface area is 111 Å². The quantitative estimate of drug-likeness (QED) is 0.722. The zero-order valence-electron chi connectivity index (χ0n) is 12.4. The number of likely N-dealkylation sites (N-methyl/N-ethyl adjacent to an activating group) is 1. The summed E-state index contributed by atoms with van der Waals surface area (Å²) in [5.41, 5.74) is -0.308. The third-order valence-corrected chi connectivity index (χ3v) is 4.09. The highest BCUT2D eigenvalue weighted by molar-refractivity contribution is 5.86. The smallest absolute Gasteiger partial charge is 0.240 e. The van der Waals surface area contributed by atoms with Crippen LogP contribution in [0.4, 0.5) is 0 Å². The van der Waals surface area contributed by atoms with Gasteiger partial charge < -0.3 is 15.5 Å². The van der Waals surface area contributed by atoms with Crippen molar-refractivity contribution < 1.29 is 4.79 Å². The van der Waals surface area contributed by atoms with Crippen molar-refractivity contribution in [3.8, 4) is 0 Å². The van der Waals surface area contributed by atoms with Crippen LogP contribution in [-0.4, -0.2) is 48.6 Å². The second kappa shape index (κ2) is 7.10. The van der Waals surface area contributed by atoms with Crippen LogP contribution in [0.5, 0.6) is 0 Å². The van der Waals surface area contributed by atoms with Gasteiger partial charge in [0.15, 0.2) is 0 Å². The third kappa shape index (κ3) is 3.69. The molecule has 0 spiro atoms. The monoisotopic (exact) mass is 255 g/mol. The molecule has 0 aromatic carbocycles. The largest absolute Gasteiger partial charge is 0.351 e. The second-order valence-electron chi connectivity index (χ2n) is 5.33. The van der Waals surface area contributed by atoms with Crippen LogP contribution in [0.15, 0.2) is 0 Å². The predicted molar refractivity (Wildman–Crippen MR) is 75.7 cm³/mol. The standard InChI is InChI=1S/C14H29N3O/c1-5-14(9-8-10-15-14)13(18)16-12(4)11-17(6-2)7-3/h12,15H,5-11H2,1-4H3,(H,16,18). The number of hydrogen-bond donors (Lipinski definition) is 2. The summed E-state index contributed by atoms with van der Waals surface area (Å²) in [7, 11) is 0. The first kappa shape index (κ1) is 15.4. The molecule has 1 rings (SSSR count). The highest BCUT2D eigenvalue weighted by Gasteiger charge is 2.39. The molecule has 106 valence electrons. The number of rotatable bonds is 7. The number of hydrogen-bond acceptors (Lipinski definition) is 3. The lowest BCUT2D eigenvalue weighted by atomic mass is 9.93. The van der Waals surface area contributed by atoms with Crippen LogP contribution in [0.25, 0.3) is 0 Å². The molecule has 1 heterocycles. The molecule has 2 unspecified atom stereocenters. The number of carbonyl (C=O) groups is 1. The van der Waals surface area contributed by atoms with Gasteiger partial charge in [0.25, 0.3) is 0 Å². The number of nitrogens with zero attached hydrogens (tertiary/aromatic N) is 1. The maximum atomic E-state index is 12.4. The summed E-state index contributed by atoms with van der Waals surface area (Å²) in [6.45, 7) is 12.5. The zero-order chi connectivity index (χ0) is 13.6. The van der Waals surface area contributed by atoms with Crippen LogP contribution in [0, 0.1) is 0 Å². The summed E-state index contributed by atoms with van der Waals surface area (Å²) in [4.78, 5) is 14.7. The zero-order valence-corrected chi connectivity index (χ0v) is 12.4. The first-order valence-corrected chi connectivity index (χ1v) is 7.36. The van der Waals surface area contributed by atoms with E-state index in [1.165, 1.54) is 0 Å². The Kier molecular flexibility index (Phi) is 6.09. The normalized spacial score (nSPS) is 25.4. The van der Waals surface area contributed by atoms with E-state index in [0.29, 0.717) is 0 Å². The summed E-state index contributed by atoms with van der Waals surface area (Å²) in [6.07, 6.45) is 2.94. The van der Waals surface area contributed by atoms with Crippen molar-refractivity contribution in [1.82, 2.24) is 15.5 Å². The first-order valence-electron chi connectivity index (χ1n) is 7.36. The molecule has 18 heavy (non-hydrogen) atoms. The third-order valence-electron chi connectivity index (χ3n) is 4.09. The van der Waals surface area contributed by atoms with Gasteiger partial charge in [-0.1, -0.05) is 20.8 Å². The Bertz CT molecular complexity index is 258. The Balaban J connectivity index is 2.48. The van der Waals surface area contributed by atoms with Crippen LogP contribution in [0.1, 0.15) is 47.0 Å². The molecule has 0 aromatic rings. The van der Waals surface area contributed by atoms with Gasteiger partial charge in [0.2, 0.25) is 5.91 Å². The van der Waals surface area contributed by atoms with E-state index in [2.05, 4.69) is 43.2 Å². The van der Waals surface area contributed by atoms with Crippen LogP contribution in [-0.2, 0) is 4.79 Å². The minimum absolute atomic E-state index is 0.183. The molecule has 0 saturated carbocycles. The van der Waals surface area contributed by atoms with Crippen LogP contribution in [0.3, 0.4) is 0 Å². The molecule has 2 N–H and O–H groups in total. The van der Waals surface area contributed by atoms with Gasteiger partial charge in [0, 0.05) is 12.6 Å². The van der Waals surface area contributed by atoms with Gasteiger partial charge in [-0.05, 0) is 45.8 Å². The Morgan fingerprint density at radius 2 is 2.06 bits per heavy atom. The van der Waals surface area contributed by atoms with Crippen molar-refractivity contribution in [3.05, 3.63) is 0 Å². The molecule has 2 atom stereocenters. The highest BCUT2D eigenvalue weighted by atomic mass is 16.2. The Morgan fingerprint density at radius 3 is 2.50 bits per heavy atom. The lowest BCUT2D eigenvalue weighted by Crippen LogP contribution is -2.56. The van der Waals surface area contributed by atoms with E-state index in [0.717, 1.165) is 45.4 Å². The molecule has 0 radical (unpaired) electrons. The lowest BCUT2D eigenvalue weighted by Gasteiger charge is -2.30. The van der Waals surface area contributed by atoms with Gasteiger partial charge in [-0.3, -0.25) is 4.79 Å². The van der Waals surface area contributed by atoms with E-state index in [-0.39, 0.29) is 17.5 Å². The number of carbonyl (C=O) groups excluding carboxylic acids is 1. The van der Waals surface area contributed by atoms with E-state index in [9.17, 15) is 4.79 Å². The number of amides is 1. The fraction of sp³-hybridized carbons (Fsp3) is 0.929. The van der Waals surface area contributed by atoms with E-state index < -0.39 is 0 Å². The molecule has 0 aliphatic carbocycles. The first-order chi connectivity index (χ1) is 8.57. The summed E-state index contributed by atoms with van der Waals surface area (Å²) in [6, 6.07) is 0.211. The Morgan fingerprint density at radius 1 is 1.39 bits per heavy atom. The predicted octanol–water partition coefficient (Wildman–Crippen LogP) is 1.37. The molecule has 1 saturated heterocycles. The van der Waals surface area contributed by atoms with Gasteiger partial charge in [-0.25, -0.2) is 0 Å². The van der Waals surface area contributed by atoms with Gasteiger partial charge >= 0.3 is 0 Å². The van der Waals surface area contributed by atoms with E-state index in [1.807, 2.05) is 0 Å². The average Bonchev–Trinajstić information content (AvgIpc) is 2.85. The van der Waals surface area contributed by atoms with E-state index in [1.54, 1.807) is 0 Å². The summed E-state index contributed by atoms with van der Waals surface area (Å²) >= 11 is 0. The van der Waals surface area contributed by atoms with Crippen LogP contribution in [0.2, 0.25) is 0 Å². The molecule has 1 fully saturated rings. The van der Waals surface area contributed by atoms with Crippen molar-refractivity contribution >= 4 is 5.91 Å². The van der Waals surface area contributed by atoms with Gasteiger partial charge in [0.05, 0.1) is 5.54 Å². The minimum atomic E-state index is -0.308. The van der Waals surface area contributed by atoms with Gasteiger partial charge in [0.1, 0.15) is 0 Å². The number of nitrogens with one attached hydrogen (secondary N) is 2. The second-order valence-corrected chi connectivity index (χ2v) is 5.33. The summed E-state index contributed by atoms with van der Waals surface area (Å²) < 4.78 is 0. The lowest BCUT2D eigenvalue weighted by molar-refractivity contribution is -0.128. The molecular formula is C14H29N3O. The molecule has 4 heteroatoms. The molecule has 4 nitrogen and oxygen atoms in total. The van der Waals surface area contributed by atoms with Crippen LogP contribution < -0.4 is 10.6 Å². The summed E-state index contributed by atoms with van der Waals surface area (Å²) in [5, 5.41) is 6.55. The maximum Gasteiger partial charge on any atom is 0.240 e. The highest BCUT2D eigenvalue weighted by Crippen LogP contribution is 2.23. The fourth-order valence-electron chi connectivity index (χ4n) is 2.74. The Hall–Kier alpha value is -0.610. The van der Waals surface area contributed by atoms with E-state index in [4.69, 9.17) is 0 Å². The molecule has 1 amide bonds. The van der Waals surface area contributed by atoms with Crippen molar-refractivity contribution in [2.45, 2.75) is 58.5 Å². The average molecular weight is 255 g/mol. The van der Waals surface area contributed by atoms with Crippen LogP contribution >= 0.6 is 0 Å². The van der Waals surface area contributed by atoms with Crippen molar-refractivity contribution in [2.24, 2.45) is 0 Å². The van der Waals surface area contributed by atoms with Gasteiger partial charge in [-0.15, -0.1) is 0 Å². The minimum Gasteiger partial charge on any atom is -0.351 e. The fourth-order valence-corrected chi connectivity index (χ4v) is 2.74.